The quantitative estimate of drug-likeness (QED) is 0.829. The van der Waals surface area contributed by atoms with Crippen LogP contribution in [0.3, 0.4) is 0 Å². The summed E-state index contributed by atoms with van der Waals surface area (Å²) in [5.41, 5.74) is 13.1. The molecule has 1 aromatic heterocycles. The van der Waals surface area contributed by atoms with Crippen molar-refractivity contribution in [1.29, 1.82) is 0 Å². The normalized spacial score (nSPS) is 11.4. The predicted octanol–water partition coefficient (Wildman–Crippen LogP) is 2.16. The number of nitrogens with two attached hydrogens (primary N) is 2. The van der Waals surface area contributed by atoms with Gasteiger partial charge in [0.2, 0.25) is 0 Å². The van der Waals surface area contributed by atoms with Gasteiger partial charge in [0.15, 0.2) is 0 Å². The van der Waals surface area contributed by atoms with Gasteiger partial charge in [0.1, 0.15) is 0 Å². The Hall–Kier alpha value is -0.510. The SMILES string of the molecule is CC(C)[C@H](N)c1cc(N)ccn1.Cl.Cl. The van der Waals surface area contributed by atoms with Crippen molar-refractivity contribution in [3.8, 4) is 0 Å². The van der Waals surface area contributed by atoms with E-state index in [0.717, 1.165) is 11.4 Å². The van der Waals surface area contributed by atoms with E-state index in [0.29, 0.717) is 5.92 Å². The van der Waals surface area contributed by atoms with Crippen LogP contribution in [0.15, 0.2) is 18.3 Å². The summed E-state index contributed by atoms with van der Waals surface area (Å²) < 4.78 is 0. The minimum atomic E-state index is -0.0199. The number of rotatable bonds is 2. The highest BCUT2D eigenvalue weighted by Crippen LogP contribution is 2.17. The van der Waals surface area contributed by atoms with Crippen molar-refractivity contribution in [2.24, 2.45) is 11.7 Å². The molecule has 0 aliphatic rings. The number of hydrogen-bond donors (Lipinski definition) is 2. The van der Waals surface area contributed by atoms with Gasteiger partial charge < -0.3 is 11.5 Å². The Balaban J connectivity index is 0. The summed E-state index contributed by atoms with van der Waals surface area (Å²) in [5, 5.41) is 0. The highest BCUT2D eigenvalue weighted by atomic mass is 35.5. The van der Waals surface area contributed by atoms with E-state index in [1.165, 1.54) is 0 Å². The Bertz CT molecular complexity index is 266. The summed E-state index contributed by atoms with van der Waals surface area (Å²) in [6, 6.07) is 3.56. The molecule has 0 saturated heterocycles. The lowest BCUT2D eigenvalue weighted by Crippen LogP contribution is -2.18. The maximum Gasteiger partial charge on any atom is 0.0594 e. The van der Waals surface area contributed by atoms with Gasteiger partial charge in [0.05, 0.1) is 5.69 Å². The van der Waals surface area contributed by atoms with Gasteiger partial charge in [-0.2, -0.15) is 0 Å². The average Bonchev–Trinajstić information content (AvgIpc) is 2.03. The number of halogens is 2. The van der Waals surface area contributed by atoms with E-state index in [1.807, 2.05) is 6.07 Å². The Kier molecular flexibility index (Phi) is 7.82. The van der Waals surface area contributed by atoms with Gasteiger partial charge in [-0.3, -0.25) is 4.98 Å². The zero-order valence-corrected chi connectivity index (χ0v) is 9.94. The lowest BCUT2D eigenvalue weighted by atomic mass is 10.0. The Morgan fingerprint density at radius 1 is 1.29 bits per heavy atom. The first-order valence-corrected chi connectivity index (χ1v) is 4.08. The van der Waals surface area contributed by atoms with Crippen LogP contribution in [-0.2, 0) is 0 Å². The molecular weight excluding hydrogens is 221 g/mol. The molecule has 0 fully saturated rings. The third-order valence-corrected chi connectivity index (χ3v) is 1.86. The molecule has 1 aromatic rings. The molecule has 14 heavy (non-hydrogen) atoms. The molecule has 1 rings (SSSR count). The fourth-order valence-corrected chi connectivity index (χ4v) is 0.989. The van der Waals surface area contributed by atoms with Crippen LogP contribution >= 0.6 is 24.8 Å². The summed E-state index contributed by atoms with van der Waals surface area (Å²) in [6.45, 7) is 4.13. The standard InChI is InChI=1S/C9H15N3.2ClH/c1-6(2)9(11)8-5-7(10)3-4-12-8;;/h3-6,9H,11H2,1-2H3,(H2,10,12);2*1H/t9-;;/m0../s1. The predicted molar refractivity (Wildman–Crippen MR) is 64.9 cm³/mol. The van der Waals surface area contributed by atoms with Crippen LogP contribution in [0.5, 0.6) is 0 Å². The minimum Gasteiger partial charge on any atom is -0.399 e. The highest BCUT2D eigenvalue weighted by molar-refractivity contribution is 5.85. The molecule has 4 N–H and O–H groups in total. The van der Waals surface area contributed by atoms with E-state index in [-0.39, 0.29) is 30.9 Å². The van der Waals surface area contributed by atoms with E-state index < -0.39 is 0 Å². The summed E-state index contributed by atoms with van der Waals surface area (Å²) in [4.78, 5) is 4.16. The first-order chi connectivity index (χ1) is 5.61. The first-order valence-electron chi connectivity index (χ1n) is 4.08. The van der Waals surface area contributed by atoms with Gasteiger partial charge in [0.25, 0.3) is 0 Å². The molecule has 0 spiro atoms. The molecule has 5 heteroatoms. The molecule has 1 atom stereocenters. The summed E-state index contributed by atoms with van der Waals surface area (Å²) in [6.07, 6.45) is 1.69. The molecular formula is C9H17Cl2N3. The second-order valence-electron chi connectivity index (χ2n) is 3.28. The maximum absolute atomic E-state index is 5.89. The Morgan fingerprint density at radius 3 is 2.29 bits per heavy atom. The minimum absolute atomic E-state index is 0. The molecule has 82 valence electrons. The zero-order valence-electron chi connectivity index (χ0n) is 8.31. The smallest absolute Gasteiger partial charge is 0.0594 e. The molecule has 0 aliphatic carbocycles. The lowest BCUT2D eigenvalue weighted by molar-refractivity contribution is 0.503. The van der Waals surface area contributed by atoms with Gasteiger partial charge in [-0.05, 0) is 18.1 Å². The average molecular weight is 238 g/mol. The second-order valence-corrected chi connectivity index (χ2v) is 3.28. The number of nitrogen functional groups attached to an aromatic ring is 1. The van der Waals surface area contributed by atoms with Crippen LogP contribution < -0.4 is 11.5 Å². The van der Waals surface area contributed by atoms with Crippen molar-refractivity contribution in [3.63, 3.8) is 0 Å². The van der Waals surface area contributed by atoms with Crippen LogP contribution in [0.25, 0.3) is 0 Å². The largest absolute Gasteiger partial charge is 0.399 e. The third-order valence-electron chi connectivity index (χ3n) is 1.86. The number of aromatic nitrogens is 1. The van der Waals surface area contributed by atoms with Crippen molar-refractivity contribution in [2.45, 2.75) is 19.9 Å². The van der Waals surface area contributed by atoms with Gasteiger partial charge >= 0.3 is 0 Å². The zero-order chi connectivity index (χ0) is 9.14. The van der Waals surface area contributed by atoms with E-state index in [9.17, 15) is 0 Å². The van der Waals surface area contributed by atoms with E-state index in [1.54, 1.807) is 12.3 Å². The van der Waals surface area contributed by atoms with Crippen molar-refractivity contribution in [2.75, 3.05) is 5.73 Å². The van der Waals surface area contributed by atoms with Gasteiger partial charge in [-0.1, -0.05) is 13.8 Å². The van der Waals surface area contributed by atoms with E-state index in [2.05, 4.69) is 18.8 Å². The summed E-state index contributed by atoms with van der Waals surface area (Å²) in [5.74, 6) is 0.388. The Morgan fingerprint density at radius 2 is 1.86 bits per heavy atom. The van der Waals surface area contributed by atoms with Crippen LogP contribution in [0.2, 0.25) is 0 Å². The van der Waals surface area contributed by atoms with Crippen LogP contribution in [-0.4, -0.2) is 4.98 Å². The summed E-state index contributed by atoms with van der Waals surface area (Å²) in [7, 11) is 0. The Labute approximate surface area is 97.1 Å². The van der Waals surface area contributed by atoms with Gasteiger partial charge in [0, 0.05) is 17.9 Å². The lowest BCUT2D eigenvalue weighted by Gasteiger charge is -2.14. The number of nitrogens with zero attached hydrogens (tertiary/aromatic N) is 1. The monoisotopic (exact) mass is 237 g/mol. The molecule has 0 amide bonds. The molecule has 3 nitrogen and oxygen atoms in total. The molecule has 1 heterocycles. The molecule has 0 bridgehead atoms. The molecule has 0 aliphatic heterocycles. The fourth-order valence-electron chi connectivity index (χ4n) is 0.989. The van der Waals surface area contributed by atoms with Crippen LogP contribution in [0.1, 0.15) is 25.6 Å². The number of hydrogen-bond acceptors (Lipinski definition) is 3. The van der Waals surface area contributed by atoms with Crippen LogP contribution in [0, 0.1) is 5.92 Å². The van der Waals surface area contributed by atoms with Gasteiger partial charge in [-0.15, -0.1) is 24.8 Å². The highest BCUT2D eigenvalue weighted by Gasteiger charge is 2.11. The molecule has 0 unspecified atom stereocenters. The first kappa shape index (κ1) is 15.9. The van der Waals surface area contributed by atoms with E-state index in [4.69, 9.17) is 11.5 Å². The molecule has 0 radical (unpaired) electrons. The number of anilines is 1. The second kappa shape index (κ2) is 6.87. The summed E-state index contributed by atoms with van der Waals surface area (Å²) >= 11 is 0. The molecule has 0 saturated carbocycles. The van der Waals surface area contributed by atoms with E-state index >= 15 is 0 Å². The van der Waals surface area contributed by atoms with Crippen molar-refractivity contribution >= 4 is 30.5 Å². The van der Waals surface area contributed by atoms with Crippen molar-refractivity contribution in [3.05, 3.63) is 24.0 Å². The van der Waals surface area contributed by atoms with Gasteiger partial charge in [-0.25, -0.2) is 0 Å². The topological polar surface area (TPSA) is 64.9 Å². The van der Waals surface area contributed by atoms with Crippen LogP contribution in [0.4, 0.5) is 5.69 Å². The maximum atomic E-state index is 5.89. The third kappa shape index (κ3) is 4.13. The molecule has 0 aromatic carbocycles. The fraction of sp³-hybridized carbons (Fsp3) is 0.444. The van der Waals surface area contributed by atoms with Crippen molar-refractivity contribution < 1.29 is 0 Å². The van der Waals surface area contributed by atoms with Crippen molar-refractivity contribution in [1.82, 2.24) is 4.98 Å². The number of pyridine rings is 1.